The predicted octanol–water partition coefficient (Wildman–Crippen LogP) is 4.33. The van der Waals surface area contributed by atoms with Crippen LogP contribution in [0, 0.1) is 11.7 Å². The van der Waals surface area contributed by atoms with Gasteiger partial charge in [0, 0.05) is 25.2 Å². The maximum Gasteiger partial charge on any atom is 0.251 e. The minimum Gasteiger partial charge on any atom is -0.493 e. The zero-order valence-corrected chi connectivity index (χ0v) is 19.5. The smallest absolute Gasteiger partial charge is 0.251 e. The molecule has 1 heterocycles. The van der Waals surface area contributed by atoms with Crippen molar-refractivity contribution in [3.8, 4) is 11.5 Å². The molecule has 0 spiro atoms. The van der Waals surface area contributed by atoms with Gasteiger partial charge in [-0.25, -0.2) is 4.39 Å². The molecule has 2 aromatic rings. The molecule has 1 atom stereocenters. The van der Waals surface area contributed by atoms with E-state index in [0.717, 1.165) is 18.7 Å². The summed E-state index contributed by atoms with van der Waals surface area (Å²) in [6, 6.07) is 9.48. The maximum atomic E-state index is 13.4. The minimum absolute atomic E-state index is 0.102. The number of hydrogen-bond acceptors (Lipinski definition) is 5. The second-order valence-electron chi connectivity index (χ2n) is 8.12. The van der Waals surface area contributed by atoms with E-state index in [4.69, 9.17) is 25.8 Å². The Balaban J connectivity index is 1.75. The van der Waals surface area contributed by atoms with E-state index >= 15 is 0 Å². The Bertz CT molecular complexity index is 902. The van der Waals surface area contributed by atoms with E-state index in [1.807, 2.05) is 13.8 Å². The quantitative estimate of drug-likeness (QED) is 0.598. The van der Waals surface area contributed by atoms with Gasteiger partial charge >= 0.3 is 0 Å². The number of ether oxygens (including phenoxy) is 3. The third kappa shape index (κ3) is 6.34. The summed E-state index contributed by atoms with van der Waals surface area (Å²) in [5, 5.41) is 3.31. The van der Waals surface area contributed by atoms with Crippen LogP contribution in [-0.2, 0) is 4.74 Å². The molecule has 1 aliphatic rings. The Labute approximate surface area is 193 Å². The van der Waals surface area contributed by atoms with Crippen LogP contribution < -0.4 is 14.8 Å². The van der Waals surface area contributed by atoms with Gasteiger partial charge in [-0.15, -0.1) is 0 Å². The Hall–Kier alpha value is -2.35. The first kappa shape index (κ1) is 24.3. The third-order valence-corrected chi connectivity index (χ3v) is 5.53. The van der Waals surface area contributed by atoms with Crippen LogP contribution >= 0.6 is 11.6 Å². The first-order chi connectivity index (χ1) is 15.4. The lowest BCUT2D eigenvalue weighted by Gasteiger charge is -2.35. The Kier molecular flexibility index (Phi) is 8.73. The van der Waals surface area contributed by atoms with Gasteiger partial charge in [-0.3, -0.25) is 9.69 Å². The Morgan fingerprint density at radius 2 is 1.91 bits per heavy atom. The molecule has 8 heteroatoms. The molecule has 1 N–H and O–H groups in total. The van der Waals surface area contributed by atoms with Gasteiger partial charge < -0.3 is 19.5 Å². The predicted molar refractivity (Wildman–Crippen MR) is 122 cm³/mol. The standard InChI is InChI=1S/C24H30ClFN2O4/c1-16(2)15-32-23-20(25)12-18(13-22(23)30-3)24(29)27-14-21(28-8-10-31-11-9-28)17-4-6-19(26)7-5-17/h4-7,12-13,16,21H,8-11,14-15H2,1-3H3,(H,27,29). The fraction of sp³-hybridized carbons (Fsp3) is 0.458. The molecule has 0 saturated carbocycles. The highest BCUT2D eigenvalue weighted by Crippen LogP contribution is 2.36. The van der Waals surface area contributed by atoms with Crippen molar-refractivity contribution < 1.29 is 23.4 Å². The van der Waals surface area contributed by atoms with Crippen LogP contribution in [0.2, 0.25) is 5.02 Å². The Morgan fingerprint density at radius 3 is 2.53 bits per heavy atom. The van der Waals surface area contributed by atoms with Crippen LogP contribution in [0.4, 0.5) is 4.39 Å². The van der Waals surface area contributed by atoms with E-state index in [0.29, 0.717) is 54.4 Å². The van der Waals surface area contributed by atoms with Gasteiger partial charge in [0.2, 0.25) is 0 Å². The van der Waals surface area contributed by atoms with Crippen molar-refractivity contribution >= 4 is 17.5 Å². The maximum absolute atomic E-state index is 13.4. The molecule has 0 aromatic heterocycles. The van der Waals surface area contributed by atoms with Crippen molar-refractivity contribution in [2.45, 2.75) is 19.9 Å². The highest BCUT2D eigenvalue weighted by Gasteiger charge is 2.24. The monoisotopic (exact) mass is 464 g/mol. The molecule has 0 aliphatic carbocycles. The lowest BCUT2D eigenvalue weighted by atomic mass is 10.0. The summed E-state index contributed by atoms with van der Waals surface area (Å²) in [5.74, 6) is 0.590. The number of benzene rings is 2. The van der Waals surface area contributed by atoms with Crippen LogP contribution in [0.5, 0.6) is 11.5 Å². The van der Waals surface area contributed by atoms with Crippen molar-refractivity contribution in [2.24, 2.45) is 5.92 Å². The lowest BCUT2D eigenvalue weighted by Crippen LogP contribution is -2.43. The van der Waals surface area contributed by atoms with Crippen LogP contribution in [0.3, 0.4) is 0 Å². The van der Waals surface area contributed by atoms with Gasteiger partial charge in [0.15, 0.2) is 11.5 Å². The molecule has 1 amide bonds. The van der Waals surface area contributed by atoms with Crippen molar-refractivity contribution in [2.75, 3.05) is 46.6 Å². The molecule has 3 rings (SSSR count). The number of methoxy groups -OCH3 is 1. The van der Waals surface area contributed by atoms with Crippen LogP contribution in [0.15, 0.2) is 36.4 Å². The highest BCUT2D eigenvalue weighted by atomic mass is 35.5. The van der Waals surface area contributed by atoms with E-state index in [-0.39, 0.29) is 17.8 Å². The number of halogens is 2. The summed E-state index contributed by atoms with van der Waals surface area (Å²) in [5.41, 5.74) is 1.31. The number of nitrogens with zero attached hydrogens (tertiary/aromatic N) is 1. The topological polar surface area (TPSA) is 60.0 Å². The van der Waals surface area contributed by atoms with E-state index in [9.17, 15) is 9.18 Å². The summed E-state index contributed by atoms with van der Waals surface area (Å²) in [6.07, 6.45) is 0. The van der Waals surface area contributed by atoms with E-state index < -0.39 is 0 Å². The molecule has 1 fully saturated rings. The first-order valence-corrected chi connectivity index (χ1v) is 11.1. The number of amides is 1. The second-order valence-corrected chi connectivity index (χ2v) is 8.53. The number of nitrogens with one attached hydrogen (secondary N) is 1. The Morgan fingerprint density at radius 1 is 1.22 bits per heavy atom. The van der Waals surface area contributed by atoms with Crippen molar-refractivity contribution in [1.82, 2.24) is 10.2 Å². The van der Waals surface area contributed by atoms with Gasteiger partial charge in [0.25, 0.3) is 5.91 Å². The fourth-order valence-corrected chi connectivity index (χ4v) is 3.83. The highest BCUT2D eigenvalue weighted by molar-refractivity contribution is 6.32. The fourth-order valence-electron chi connectivity index (χ4n) is 3.56. The zero-order valence-electron chi connectivity index (χ0n) is 18.7. The van der Waals surface area contributed by atoms with Crippen LogP contribution in [0.1, 0.15) is 35.8 Å². The SMILES string of the molecule is COc1cc(C(=O)NCC(c2ccc(F)cc2)N2CCOCC2)cc(Cl)c1OCC(C)C. The molecule has 0 bridgehead atoms. The second kappa shape index (κ2) is 11.5. The van der Waals surface area contributed by atoms with E-state index in [1.165, 1.54) is 19.2 Å². The van der Waals surface area contributed by atoms with Crippen molar-refractivity contribution in [1.29, 1.82) is 0 Å². The molecule has 6 nitrogen and oxygen atoms in total. The van der Waals surface area contributed by atoms with Gasteiger partial charge in [-0.2, -0.15) is 0 Å². The minimum atomic E-state index is -0.292. The largest absolute Gasteiger partial charge is 0.493 e. The average molecular weight is 465 g/mol. The number of morpholine rings is 1. The first-order valence-electron chi connectivity index (χ1n) is 10.7. The molecule has 174 valence electrons. The number of hydrogen-bond donors (Lipinski definition) is 1. The average Bonchev–Trinajstić information content (AvgIpc) is 2.79. The summed E-state index contributed by atoms with van der Waals surface area (Å²) < 4.78 is 30.1. The zero-order chi connectivity index (χ0) is 23.1. The van der Waals surface area contributed by atoms with Gasteiger partial charge in [0.05, 0.1) is 38.0 Å². The number of rotatable bonds is 9. The van der Waals surface area contributed by atoms with E-state index in [2.05, 4.69) is 10.2 Å². The lowest BCUT2D eigenvalue weighted by molar-refractivity contribution is 0.0162. The van der Waals surface area contributed by atoms with Crippen molar-refractivity contribution in [3.63, 3.8) is 0 Å². The molecule has 1 saturated heterocycles. The normalized spacial score (nSPS) is 15.4. The van der Waals surface area contributed by atoms with Crippen LogP contribution in [-0.4, -0.2) is 57.4 Å². The van der Waals surface area contributed by atoms with Gasteiger partial charge in [-0.05, 0) is 35.7 Å². The van der Waals surface area contributed by atoms with Crippen LogP contribution in [0.25, 0.3) is 0 Å². The molecule has 2 aromatic carbocycles. The number of carbonyl (C=O) groups is 1. The summed E-state index contributed by atoms with van der Waals surface area (Å²) in [4.78, 5) is 15.2. The third-order valence-electron chi connectivity index (χ3n) is 5.25. The molecule has 1 unspecified atom stereocenters. The summed E-state index contributed by atoms with van der Waals surface area (Å²) in [6.45, 7) is 7.63. The van der Waals surface area contributed by atoms with E-state index in [1.54, 1.807) is 24.3 Å². The van der Waals surface area contributed by atoms with Gasteiger partial charge in [0.1, 0.15) is 5.82 Å². The van der Waals surface area contributed by atoms with Gasteiger partial charge in [-0.1, -0.05) is 37.6 Å². The summed E-state index contributed by atoms with van der Waals surface area (Å²) >= 11 is 6.39. The number of carbonyl (C=O) groups excluding carboxylic acids is 1. The summed E-state index contributed by atoms with van der Waals surface area (Å²) in [7, 11) is 1.51. The molecule has 1 aliphatic heterocycles. The van der Waals surface area contributed by atoms with Crippen molar-refractivity contribution in [3.05, 3.63) is 58.4 Å². The molecule has 0 radical (unpaired) electrons. The molecular formula is C24H30ClFN2O4. The molecule has 32 heavy (non-hydrogen) atoms. The molecular weight excluding hydrogens is 435 g/mol.